The molecular weight excluding hydrogens is 344 g/mol. The first-order valence-corrected chi connectivity index (χ1v) is 7.93. The standard InChI is InChI=1S/C18H26O8/c1-7-18(15(21)25-5,16(22)26-6)12-10-8-9-11-17(2,13(19)23-3)14(20)24-4/h9-10H,7,11-12H2,1-6H3. The van der Waals surface area contributed by atoms with Gasteiger partial charge >= 0.3 is 23.9 Å². The minimum absolute atomic E-state index is 0.00743. The van der Waals surface area contributed by atoms with Crippen molar-refractivity contribution < 1.29 is 38.1 Å². The summed E-state index contributed by atoms with van der Waals surface area (Å²) in [4.78, 5) is 47.8. The zero-order chi connectivity index (χ0) is 20.4. The molecule has 0 fully saturated rings. The summed E-state index contributed by atoms with van der Waals surface area (Å²) >= 11 is 0. The van der Waals surface area contributed by atoms with Crippen LogP contribution >= 0.6 is 0 Å². The van der Waals surface area contributed by atoms with Gasteiger partial charge in [-0.05, 0) is 38.3 Å². The van der Waals surface area contributed by atoms with Gasteiger partial charge in [-0.25, -0.2) is 0 Å². The first-order valence-electron chi connectivity index (χ1n) is 7.93. The van der Waals surface area contributed by atoms with Crippen LogP contribution in [-0.2, 0) is 38.1 Å². The highest BCUT2D eigenvalue weighted by atomic mass is 16.6. The number of carbonyl (C=O) groups excluding carboxylic acids is 4. The fraction of sp³-hybridized carbons (Fsp3) is 0.611. The van der Waals surface area contributed by atoms with Crippen molar-refractivity contribution in [3.8, 4) is 0 Å². The Labute approximate surface area is 153 Å². The van der Waals surface area contributed by atoms with Crippen molar-refractivity contribution in [2.45, 2.75) is 33.1 Å². The number of methoxy groups -OCH3 is 4. The summed E-state index contributed by atoms with van der Waals surface area (Å²) in [5.74, 6) is -2.90. The van der Waals surface area contributed by atoms with Gasteiger partial charge in [0.1, 0.15) is 0 Å². The Morgan fingerprint density at radius 1 is 0.769 bits per heavy atom. The molecule has 0 aliphatic carbocycles. The Hall–Kier alpha value is -2.60. The molecule has 0 N–H and O–H groups in total. The van der Waals surface area contributed by atoms with Gasteiger partial charge in [0.25, 0.3) is 0 Å². The molecule has 0 spiro atoms. The third kappa shape index (κ3) is 4.95. The maximum absolute atomic E-state index is 12.0. The first-order chi connectivity index (χ1) is 12.2. The van der Waals surface area contributed by atoms with E-state index in [1.54, 1.807) is 6.92 Å². The monoisotopic (exact) mass is 370 g/mol. The van der Waals surface area contributed by atoms with Gasteiger partial charge in [0.2, 0.25) is 0 Å². The molecule has 0 rings (SSSR count). The van der Waals surface area contributed by atoms with Crippen molar-refractivity contribution in [3.63, 3.8) is 0 Å². The number of hydrogen-bond acceptors (Lipinski definition) is 8. The predicted molar refractivity (Wildman–Crippen MR) is 90.8 cm³/mol. The van der Waals surface area contributed by atoms with Gasteiger partial charge in [-0.1, -0.05) is 6.92 Å². The molecule has 0 atom stereocenters. The van der Waals surface area contributed by atoms with Crippen LogP contribution in [0.15, 0.2) is 17.9 Å². The van der Waals surface area contributed by atoms with E-state index in [2.05, 4.69) is 15.2 Å². The second kappa shape index (κ2) is 10.4. The van der Waals surface area contributed by atoms with Crippen molar-refractivity contribution in [3.05, 3.63) is 17.9 Å². The van der Waals surface area contributed by atoms with Crippen LogP contribution < -0.4 is 0 Å². The average molecular weight is 370 g/mol. The maximum Gasteiger partial charge on any atom is 0.323 e. The van der Waals surface area contributed by atoms with E-state index in [4.69, 9.17) is 9.47 Å². The highest BCUT2D eigenvalue weighted by Gasteiger charge is 2.46. The number of allylic oxidation sites excluding steroid dienone is 1. The molecule has 8 nitrogen and oxygen atoms in total. The molecule has 0 heterocycles. The number of rotatable bonds is 9. The van der Waals surface area contributed by atoms with Crippen LogP contribution in [-0.4, -0.2) is 52.3 Å². The van der Waals surface area contributed by atoms with E-state index in [1.165, 1.54) is 47.5 Å². The smallest absolute Gasteiger partial charge is 0.323 e. The van der Waals surface area contributed by atoms with Crippen molar-refractivity contribution in [2.75, 3.05) is 28.4 Å². The topological polar surface area (TPSA) is 105 Å². The summed E-state index contributed by atoms with van der Waals surface area (Å²) in [5.41, 5.74) is -0.225. The molecule has 26 heavy (non-hydrogen) atoms. The number of esters is 4. The van der Waals surface area contributed by atoms with Gasteiger partial charge in [0.05, 0.1) is 28.4 Å². The Morgan fingerprint density at radius 2 is 1.15 bits per heavy atom. The third-order valence-electron chi connectivity index (χ3n) is 4.22. The summed E-state index contributed by atoms with van der Waals surface area (Å²) in [6, 6.07) is 0. The number of hydrogen-bond donors (Lipinski definition) is 0. The van der Waals surface area contributed by atoms with Gasteiger partial charge in [-0.3, -0.25) is 19.2 Å². The molecule has 0 radical (unpaired) electrons. The Bertz CT molecular complexity index is 566. The van der Waals surface area contributed by atoms with Crippen LogP contribution in [0.25, 0.3) is 0 Å². The normalized spacial score (nSPS) is 10.8. The minimum atomic E-state index is -1.52. The zero-order valence-corrected chi connectivity index (χ0v) is 16.0. The van der Waals surface area contributed by atoms with Crippen molar-refractivity contribution in [1.29, 1.82) is 0 Å². The lowest BCUT2D eigenvalue weighted by Gasteiger charge is -2.25. The molecule has 0 bridgehead atoms. The van der Waals surface area contributed by atoms with Crippen LogP contribution in [0.4, 0.5) is 0 Å². The average Bonchev–Trinajstić information content (AvgIpc) is 2.67. The van der Waals surface area contributed by atoms with Crippen LogP contribution in [0.3, 0.4) is 0 Å². The largest absolute Gasteiger partial charge is 0.468 e. The molecule has 8 heteroatoms. The lowest BCUT2D eigenvalue weighted by atomic mass is 9.81. The van der Waals surface area contributed by atoms with Gasteiger partial charge in [0, 0.05) is 0 Å². The van der Waals surface area contributed by atoms with E-state index in [0.29, 0.717) is 0 Å². The van der Waals surface area contributed by atoms with E-state index in [1.807, 2.05) is 0 Å². The van der Waals surface area contributed by atoms with E-state index in [-0.39, 0.29) is 19.3 Å². The highest BCUT2D eigenvalue weighted by molar-refractivity contribution is 6.00. The summed E-state index contributed by atoms with van der Waals surface area (Å²) in [6.45, 7) is 3.05. The lowest BCUT2D eigenvalue weighted by molar-refractivity contribution is -0.170. The molecule has 0 aliphatic rings. The van der Waals surface area contributed by atoms with Crippen LogP contribution in [0.2, 0.25) is 0 Å². The van der Waals surface area contributed by atoms with Gasteiger partial charge in [-0.15, -0.1) is 5.73 Å². The molecule has 0 saturated carbocycles. The van der Waals surface area contributed by atoms with E-state index < -0.39 is 34.7 Å². The molecule has 0 aliphatic heterocycles. The van der Waals surface area contributed by atoms with Gasteiger partial charge in [-0.2, -0.15) is 0 Å². The molecule has 0 saturated heterocycles. The van der Waals surface area contributed by atoms with Crippen LogP contribution in [0.5, 0.6) is 0 Å². The summed E-state index contributed by atoms with van der Waals surface area (Å²) in [5, 5.41) is 0. The number of ether oxygens (including phenoxy) is 4. The van der Waals surface area contributed by atoms with Crippen molar-refractivity contribution in [2.24, 2.45) is 10.8 Å². The van der Waals surface area contributed by atoms with E-state index in [9.17, 15) is 19.2 Å². The maximum atomic E-state index is 12.0. The molecule has 0 aromatic carbocycles. The Morgan fingerprint density at radius 3 is 1.50 bits per heavy atom. The fourth-order valence-corrected chi connectivity index (χ4v) is 2.35. The molecule has 0 amide bonds. The first kappa shape index (κ1) is 23.4. The molecule has 146 valence electrons. The minimum Gasteiger partial charge on any atom is -0.468 e. The van der Waals surface area contributed by atoms with Gasteiger partial charge < -0.3 is 18.9 Å². The second-order valence-electron chi connectivity index (χ2n) is 5.72. The molecule has 0 unspecified atom stereocenters. The molecular formula is C18H26O8. The quantitative estimate of drug-likeness (QED) is 0.261. The molecule has 0 aromatic rings. The Balaban J connectivity index is 5.45. The third-order valence-corrected chi connectivity index (χ3v) is 4.22. The summed E-state index contributed by atoms with van der Waals surface area (Å²) < 4.78 is 18.7. The Kier molecular flexibility index (Phi) is 9.36. The second-order valence-corrected chi connectivity index (χ2v) is 5.72. The van der Waals surface area contributed by atoms with Crippen molar-refractivity contribution in [1.82, 2.24) is 0 Å². The zero-order valence-electron chi connectivity index (χ0n) is 16.0. The van der Waals surface area contributed by atoms with Crippen molar-refractivity contribution >= 4 is 23.9 Å². The predicted octanol–water partition coefficient (Wildman–Crippen LogP) is 1.57. The SMILES string of the molecule is CCC(CC=C=CCC(C)(C(=O)OC)C(=O)OC)(C(=O)OC)C(=O)OC. The lowest BCUT2D eigenvalue weighted by Crippen LogP contribution is -2.40. The van der Waals surface area contributed by atoms with E-state index >= 15 is 0 Å². The highest BCUT2D eigenvalue weighted by Crippen LogP contribution is 2.30. The molecule has 0 aromatic heterocycles. The van der Waals surface area contributed by atoms with Gasteiger partial charge in [0.15, 0.2) is 10.8 Å². The van der Waals surface area contributed by atoms with Crippen LogP contribution in [0, 0.1) is 10.8 Å². The number of carbonyl (C=O) groups is 4. The van der Waals surface area contributed by atoms with E-state index in [0.717, 1.165) is 0 Å². The fourth-order valence-electron chi connectivity index (χ4n) is 2.35. The summed E-state index contributed by atoms with van der Waals surface area (Å²) in [6.07, 6.45) is 3.02. The summed E-state index contributed by atoms with van der Waals surface area (Å²) in [7, 11) is 4.72. The van der Waals surface area contributed by atoms with Crippen LogP contribution in [0.1, 0.15) is 33.1 Å².